The van der Waals surface area contributed by atoms with Crippen LogP contribution in [0, 0.1) is 0 Å². The summed E-state index contributed by atoms with van der Waals surface area (Å²) in [6, 6.07) is 10.6. The van der Waals surface area contributed by atoms with Gasteiger partial charge in [-0.25, -0.2) is 4.79 Å². The maximum atomic E-state index is 12.2. The molecule has 20 heavy (non-hydrogen) atoms. The largest absolute Gasteiger partial charge is 0.480 e. The van der Waals surface area contributed by atoms with Gasteiger partial charge in [0.25, 0.3) is 5.91 Å². The molecule has 1 aromatic heterocycles. The number of carbonyl (C=O) groups is 2. The molecule has 0 spiro atoms. The van der Waals surface area contributed by atoms with Crippen LogP contribution in [0.4, 0.5) is 0 Å². The van der Waals surface area contributed by atoms with E-state index >= 15 is 0 Å². The van der Waals surface area contributed by atoms with Crippen LogP contribution in [-0.2, 0) is 4.79 Å². The Balaban J connectivity index is 2.24. The van der Waals surface area contributed by atoms with Gasteiger partial charge in [0.15, 0.2) is 0 Å². The summed E-state index contributed by atoms with van der Waals surface area (Å²) in [6.45, 7) is 1.73. The van der Waals surface area contributed by atoms with Crippen LogP contribution in [0.3, 0.4) is 0 Å². The predicted octanol–water partition coefficient (Wildman–Crippen LogP) is 3.01. The van der Waals surface area contributed by atoms with E-state index in [1.807, 2.05) is 41.8 Å². The van der Waals surface area contributed by atoms with E-state index in [0.29, 0.717) is 11.3 Å². The highest BCUT2D eigenvalue weighted by atomic mass is 32.1. The minimum Gasteiger partial charge on any atom is -0.480 e. The fraction of sp³-hybridized carbons (Fsp3) is 0.200. The van der Waals surface area contributed by atoms with Crippen molar-refractivity contribution in [3.05, 3.63) is 46.7 Å². The molecule has 0 saturated heterocycles. The molecule has 1 heterocycles. The van der Waals surface area contributed by atoms with Crippen molar-refractivity contribution in [2.45, 2.75) is 19.4 Å². The van der Waals surface area contributed by atoms with E-state index in [9.17, 15) is 9.59 Å². The summed E-state index contributed by atoms with van der Waals surface area (Å²) in [6.07, 6.45) is 0.354. The van der Waals surface area contributed by atoms with Crippen molar-refractivity contribution < 1.29 is 14.7 Å². The van der Waals surface area contributed by atoms with E-state index in [2.05, 4.69) is 5.32 Å². The van der Waals surface area contributed by atoms with Gasteiger partial charge in [0, 0.05) is 5.56 Å². The van der Waals surface area contributed by atoms with Crippen LogP contribution in [0.1, 0.15) is 23.0 Å². The molecule has 1 amide bonds. The lowest BCUT2D eigenvalue weighted by atomic mass is 10.1. The first-order chi connectivity index (χ1) is 9.63. The molecule has 0 unspecified atom stereocenters. The van der Waals surface area contributed by atoms with Crippen LogP contribution >= 0.6 is 11.3 Å². The van der Waals surface area contributed by atoms with Crippen LogP contribution in [0.5, 0.6) is 0 Å². The predicted molar refractivity (Wildman–Crippen MR) is 78.9 cm³/mol. The Bertz CT molecular complexity index is 607. The van der Waals surface area contributed by atoms with Crippen molar-refractivity contribution in [3.8, 4) is 11.1 Å². The van der Waals surface area contributed by atoms with E-state index in [1.54, 1.807) is 6.92 Å². The molecule has 0 aliphatic carbocycles. The maximum Gasteiger partial charge on any atom is 0.326 e. The molecule has 2 aromatic rings. The third-order valence-electron chi connectivity index (χ3n) is 2.97. The van der Waals surface area contributed by atoms with E-state index in [-0.39, 0.29) is 5.91 Å². The Labute approximate surface area is 121 Å². The topological polar surface area (TPSA) is 66.4 Å². The van der Waals surface area contributed by atoms with Gasteiger partial charge in [-0.05, 0) is 23.4 Å². The molecule has 0 aliphatic heterocycles. The van der Waals surface area contributed by atoms with E-state index in [1.165, 1.54) is 11.3 Å². The molecule has 5 heteroatoms. The summed E-state index contributed by atoms with van der Waals surface area (Å²) in [5.74, 6) is -1.35. The van der Waals surface area contributed by atoms with Gasteiger partial charge in [-0.2, -0.15) is 0 Å². The smallest absolute Gasteiger partial charge is 0.326 e. The van der Waals surface area contributed by atoms with Crippen molar-refractivity contribution in [1.29, 1.82) is 0 Å². The number of carbonyl (C=O) groups excluding carboxylic acids is 1. The number of carboxylic acids is 1. The Morgan fingerprint density at radius 2 is 1.95 bits per heavy atom. The standard InChI is InChI=1S/C15H15NO3S/c1-2-12(15(18)19)16-14(17)13-11(8-9-20-13)10-6-4-3-5-7-10/h3-9,12H,2H2,1H3,(H,16,17)(H,18,19)/t12-/m1/s1. The third kappa shape index (κ3) is 3.05. The molecule has 0 radical (unpaired) electrons. The SMILES string of the molecule is CC[C@@H](NC(=O)c1sccc1-c1ccccc1)C(=O)O. The summed E-state index contributed by atoms with van der Waals surface area (Å²) >= 11 is 1.31. The number of hydrogen-bond donors (Lipinski definition) is 2. The molecule has 2 rings (SSSR count). The van der Waals surface area contributed by atoms with Crippen molar-refractivity contribution >= 4 is 23.2 Å². The van der Waals surface area contributed by atoms with Gasteiger partial charge >= 0.3 is 5.97 Å². The third-order valence-corrected chi connectivity index (χ3v) is 3.88. The highest BCUT2D eigenvalue weighted by Gasteiger charge is 2.21. The van der Waals surface area contributed by atoms with Crippen LogP contribution in [0.15, 0.2) is 41.8 Å². The highest BCUT2D eigenvalue weighted by molar-refractivity contribution is 7.12. The number of aliphatic carboxylic acids is 1. The van der Waals surface area contributed by atoms with E-state index in [4.69, 9.17) is 5.11 Å². The first-order valence-electron chi connectivity index (χ1n) is 6.30. The molecule has 2 N–H and O–H groups in total. The second kappa shape index (κ2) is 6.34. The van der Waals surface area contributed by atoms with Crippen LogP contribution in [0.2, 0.25) is 0 Å². The average molecular weight is 289 g/mol. The number of rotatable bonds is 5. The second-order valence-corrected chi connectivity index (χ2v) is 5.22. The number of thiophene rings is 1. The molecule has 4 nitrogen and oxygen atoms in total. The monoisotopic (exact) mass is 289 g/mol. The number of hydrogen-bond acceptors (Lipinski definition) is 3. The van der Waals surface area contributed by atoms with E-state index in [0.717, 1.165) is 11.1 Å². The van der Waals surface area contributed by atoms with Gasteiger partial charge in [0.1, 0.15) is 6.04 Å². The van der Waals surface area contributed by atoms with Gasteiger partial charge < -0.3 is 10.4 Å². The molecular formula is C15H15NO3S. The van der Waals surface area contributed by atoms with Crippen LogP contribution < -0.4 is 5.32 Å². The van der Waals surface area contributed by atoms with Gasteiger partial charge in [0.2, 0.25) is 0 Å². The summed E-state index contributed by atoms with van der Waals surface area (Å²) in [4.78, 5) is 23.7. The molecular weight excluding hydrogens is 274 g/mol. The zero-order chi connectivity index (χ0) is 14.5. The van der Waals surface area contributed by atoms with E-state index < -0.39 is 12.0 Å². The van der Waals surface area contributed by atoms with Gasteiger partial charge in [-0.15, -0.1) is 11.3 Å². The molecule has 104 valence electrons. The minimum atomic E-state index is -1.02. The number of amides is 1. The molecule has 0 fully saturated rings. The van der Waals surface area contributed by atoms with Crippen molar-refractivity contribution in [3.63, 3.8) is 0 Å². The number of nitrogens with one attached hydrogen (secondary N) is 1. The Morgan fingerprint density at radius 1 is 1.25 bits per heavy atom. The van der Waals surface area contributed by atoms with Crippen LogP contribution in [-0.4, -0.2) is 23.0 Å². The molecule has 1 aromatic carbocycles. The quantitative estimate of drug-likeness (QED) is 0.889. The first kappa shape index (κ1) is 14.3. The number of carboxylic acid groups (broad SMARTS) is 1. The molecule has 1 atom stereocenters. The second-order valence-electron chi connectivity index (χ2n) is 4.30. The summed E-state index contributed by atoms with van der Waals surface area (Å²) in [5.41, 5.74) is 1.77. The lowest BCUT2D eigenvalue weighted by molar-refractivity contribution is -0.139. The lowest BCUT2D eigenvalue weighted by Crippen LogP contribution is -2.40. The van der Waals surface area contributed by atoms with Gasteiger partial charge in [-0.1, -0.05) is 37.3 Å². The summed E-state index contributed by atoms with van der Waals surface area (Å²) in [5, 5.41) is 13.4. The van der Waals surface area contributed by atoms with Crippen molar-refractivity contribution in [1.82, 2.24) is 5.32 Å². The normalized spacial score (nSPS) is 11.8. The lowest BCUT2D eigenvalue weighted by Gasteiger charge is -2.12. The summed E-state index contributed by atoms with van der Waals surface area (Å²) < 4.78 is 0. The Morgan fingerprint density at radius 3 is 2.55 bits per heavy atom. The number of benzene rings is 1. The first-order valence-corrected chi connectivity index (χ1v) is 7.18. The fourth-order valence-electron chi connectivity index (χ4n) is 1.89. The highest BCUT2D eigenvalue weighted by Crippen LogP contribution is 2.28. The van der Waals surface area contributed by atoms with Crippen LogP contribution in [0.25, 0.3) is 11.1 Å². The zero-order valence-corrected chi connectivity index (χ0v) is 11.8. The molecule has 0 aliphatic rings. The van der Waals surface area contributed by atoms with Gasteiger partial charge in [-0.3, -0.25) is 4.79 Å². The Kier molecular flexibility index (Phi) is 4.53. The average Bonchev–Trinajstić information content (AvgIpc) is 2.94. The van der Waals surface area contributed by atoms with Gasteiger partial charge in [0.05, 0.1) is 4.88 Å². The zero-order valence-electron chi connectivity index (χ0n) is 11.0. The summed E-state index contributed by atoms with van der Waals surface area (Å²) in [7, 11) is 0. The molecule has 0 bridgehead atoms. The van der Waals surface area contributed by atoms with Crippen molar-refractivity contribution in [2.75, 3.05) is 0 Å². The Hall–Kier alpha value is -2.14. The molecule has 0 saturated carbocycles. The van der Waals surface area contributed by atoms with Crippen molar-refractivity contribution in [2.24, 2.45) is 0 Å². The maximum absolute atomic E-state index is 12.2. The minimum absolute atomic E-state index is 0.340. The fourth-order valence-corrected chi connectivity index (χ4v) is 2.71.